The van der Waals surface area contributed by atoms with Crippen LogP contribution >= 0.6 is 0 Å². The standard InChI is InChI=1S/C11H23B/c1-6-9-8(4)11(5,12)10(9)7(2)3/h7-10H,6,12H2,1-5H3. The van der Waals surface area contributed by atoms with Crippen LogP contribution in [0.15, 0.2) is 0 Å². The van der Waals surface area contributed by atoms with Crippen molar-refractivity contribution in [2.75, 3.05) is 0 Å². The maximum atomic E-state index is 2.44. The van der Waals surface area contributed by atoms with Crippen LogP contribution in [0.1, 0.15) is 41.0 Å². The zero-order chi connectivity index (χ0) is 9.52. The Labute approximate surface area is 78.5 Å². The van der Waals surface area contributed by atoms with E-state index in [-0.39, 0.29) is 0 Å². The molecule has 0 spiro atoms. The summed E-state index contributed by atoms with van der Waals surface area (Å²) >= 11 is 0. The van der Waals surface area contributed by atoms with Crippen molar-refractivity contribution in [1.29, 1.82) is 0 Å². The molecule has 1 rings (SSSR count). The van der Waals surface area contributed by atoms with Crippen molar-refractivity contribution in [2.24, 2.45) is 23.7 Å². The van der Waals surface area contributed by atoms with Crippen molar-refractivity contribution in [2.45, 2.75) is 46.4 Å². The monoisotopic (exact) mass is 166 g/mol. The molecule has 1 aliphatic rings. The minimum atomic E-state index is 0.592. The average Bonchev–Trinajstić information content (AvgIpc) is 1.97. The Balaban J connectivity index is 2.71. The van der Waals surface area contributed by atoms with Crippen LogP contribution in [-0.2, 0) is 0 Å². The molecular weight excluding hydrogens is 143 g/mol. The van der Waals surface area contributed by atoms with Gasteiger partial charge in [0.05, 0.1) is 0 Å². The Morgan fingerprint density at radius 2 is 1.92 bits per heavy atom. The summed E-state index contributed by atoms with van der Waals surface area (Å²) in [7, 11) is 2.44. The van der Waals surface area contributed by atoms with Crippen molar-refractivity contribution >= 4 is 7.85 Å². The number of hydrogen-bond donors (Lipinski definition) is 0. The van der Waals surface area contributed by atoms with Crippen LogP contribution in [0.5, 0.6) is 0 Å². The van der Waals surface area contributed by atoms with E-state index in [1.807, 2.05) is 0 Å². The molecule has 0 N–H and O–H groups in total. The van der Waals surface area contributed by atoms with E-state index >= 15 is 0 Å². The first-order valence-electron chi connectivity index (χ1n) is 5.42. The van der Waals surface area contributed by atoms with Gasteiger partial charge in [0.15, 0.2) is 0 Å². The average molecular weight is 166 g/mol. The van der Waals surface area contributed by atoms with Gasteiger partial charge in [-0.1, -0.05) is 46.4 Å². The third-order valence-corrected chi connectivity index (χ3v) is 4.33. The highest BCUT2D eigenvalue weighted by Crippen LogP contribution is 2.62. The van der Waals surface area contributed by atoms with Crippen molar-refractivity contribution in [3.63, 3.8) is 0 Å². The number of hydrogen-bond acceptors (Lipinski definition) is 0. The molecule has 4 unspecified atom stereocenters. The van der Waals surface area contributed by atoms with Crippen LogP contribution in [0.3, 0.4) is 0 Å². The topological polar surface area (TPSA) is 0 Å². The van der Waals surface area contributed by atoms with Gasteiger partial charge in [0.1, 0.15) is 7.85 Å². The second kappa shape index (κ2) is 3.08. The Hall–Kier alpha value is 0.0649. The first-order chi connectivity index (χ1) is 5.42. The van der Waals surface area contributed by atoms with E-state index in [4.69, 9.17) is 0 Å². The summed E-state index contributed by atoms with van der Waals surface area (Å²) in [6.45, 7) is 12.0. The lowest BCUT2D eigenvalue weighted by molar-refractivity contribution is -0.0159. The Morgan fingerprint density at radius 1 is 1.42 bits per heavy atom. The van der Waals surface area contributed by atoms with Gasteiger partial charge in [-0.3, -0.25) is 0 Å². The molecule has 1 heteroatoms. The minimum absolute atomic E-state index is 0.592. The summed E-state index contributed by atoms with van der Waals surface area (Å²) in [5.41, 5.74) is 0. The smallest absolute Gasteiger partial charge is 0.0664 e. The first kappa shape index (κ1) is 10.1. The SMILES string of the molecule is BC1(C)C(C)C(CC)C1C(C)C. The molecule has 0 aromatic carbocycles. The molecule has 0 amide bonds. The molecule has 70 valence electrons. The van der Waals surface area contributed by atoms with E-state index in [0.29, 0.717) is 5.31 Å². The Kier molecular flexibility index (Phi) is 2.61. The van der Waals surface area contributed by atoms with Gasteiger partial charge < -0.3 is 0 Å². The summed E-state index contributed by atoms with van der Waals surface area (Å²) in [6, 6.07) is 0. The molecule has 0 radical (unpaired) electrons. The van der Waals surface area contributed by atoms with Crippen LogP contribution in [0.25, 0.3) is 0 Å². The lowest BCUT2D eigenvalue weighted by Gasteiger charge is -2.60. The van der Waals surface area contributed by atoms with Crippen LogP contribution in [0, 0.1) is 23.7 Å². The maximum Gasteiger partial charge on any atom is 0.109 e. The highest BCUT2D eigenvalue weighted by molar-refractivity contribution is 6.16. The summed E-state index contributed by atoms with van der Waals surface area (Å²) in [6.07, 6.45) is 1.37. The molecule has 12 heavy (non-hydrogen) atoms. The lowest BCUT2D eigenvalue weighted by Crippen LogP contribution is -2.51. The third-order valence-electron chi connectivity index (χ3n) is 4.33. The van der Waals surface area contributed by atoms with E-state index in [1.165, 1.54) is 6.42 Å². The van der Waals surface area contributed by atoms with Crippen LogP contribution < -0.4 is 0 Å². The second-order valence-corrected chi connectivity index (χ2v) is 5.45. The molecule has 4 atom stereocenters. The predicted molar refractivity (Wildman–Crippen MR) is 58.2 cm³/mol. The van der Waals surface area contributed by atoms with Gasteiger partial charge in [-0.15, -0.1) is 0 Å². The van der Waals surface area contributed by atoms with Crippen molar-refractivity contribution < 1.29 is 0 Å². The van der Waals surface area contributed by atoms with Gasteiger partial charge in [0.2, 0.25) is 0 Å². The van der Waals surface area contributed by atoms with Crippen LogP contribution in [-0.4, -0.2) is 7.85 Å². The quantitative estimate of drug-likeness (QED) is 0.553. The molecule has 1 aliphatic carbocycles. The molecule has 0 nitrogen and oxygen atoms in total. The largest absolute Gasteiger partial charge is 0.109 e. The van der Waals surface area contributed by atoms with Gasteiger partial charge in [-0.05, 0) is 23.7 Å². The summed E-state index contributed by atoms with van der Waals surface area (Å²) < 4.78 is 0. The lowest BCUT2D eigenvalue weighted by atomic mass is 9.37. The van der Waals surface area contributed by atoms with Gasteiger partial charge >= 0.3 is 0 Å². The zero-order valence-corrected chi connectivity index (χ0v) is 9.52. The van der Waals surface area contributed by atoms with Crippen molar-refractivity contribution in [3.8, 4) is 0 Å². The van der Waals surface area contributed by atoms with E-state index in [0.717, 1.165) is 23.7 Å². The second-order valence-electron chi connectivity index (χ2n) is 5.45. The third kappa shape index (κ3) is 1.22. The summed E-state index contributed by atoms with van der Waals surface area (Å²) in [4.78, 5) is 0. The molecule has 0 heterocycles. The van der Waals surface area contributed by atoms with Gasteiger partial charge in [-0.2, -0.15) is 0 Å². The number of rotatable bonds is 2. The molecule has 0 aromatic heterocycles. The molecule has 1 saturated carbocycles. The van der Waals surface area contributed by atoms with Crippen LogP contribution in [0.4, 0.5) is 0 Å². The highest BCUT2D eigenvalue weighted by atomic mass is 14.5. The van der Waals surface area contributed by atoms with Gasteiger partial charge in [0.25, 0.3) is 0 Å². The summed E-state index contributed by atoms with van der Waals surface area (Å²) in [5, 5.41) is 0.592. The maximum absolute atomic E-state index is 2.44. The normalized spacial score (nSPS) is 47.7. The Bertz CT molecular complexity index is 160. The van der Waals surface area contributed by atoms with Crippen molar-refractivity contribution in [1.82, 2.24) is 0 Å². The minimum Gasteiger partial charge on any atom is -0.0664 e. The van der Waals surface area contributed by atoms with Gasteiger partial charge in [-0.25, -0.2) is 0 Å². The van der Waals surface area contributed by atoms with Crippen molar-refractivity contribution in [3.05, 3.63) is 0 Å². The molecule has 0 aliphatic heterocycles. The van der Waals surface area contributed by atoms with E-state index in [1.54, 1.807) is 0 Å². The van der Waals surface area contributed by atoms with Gasteiger partial charge in [0, 0.05) is 0 Å². The fourth-order valence-electron chi connectivity index (χ4n) is 3.56. The fraction of sp³-hybridized carbons (Fsp3) is 1.00. The Morgan fingerprint density at radius 3 is 2.17 bits per heavy atom. The molecule has 0 aromatic rings. The van der Waals surface area contributed by atoms with E-state index < -0.39 is 0 Å². The summed E-state index contributed by atoms with van der Waals surface area (Å²) in [5.74, 6) is 3.73. The molecule has 1 fully saturated rings. The van der Waals surface area contributed by atoms with Crippen LogP contribution in [0.2, 0.25) is 5.31 Å². The van der Waals surface area contributed by atoms with E-state index in [9.17, 15) is 0 Å². The first-order valence-corrected chi connectivity index (χ1v) is 5.42. The van der Waals surface area contributed by atoms with E-state index in [2.05, 4.69) is 42.5 Å². The zero-order valence-electron chi connectivity index (χ0n) is 9.52. The molecular formula is C11H23B. The predicted octanol–water partition coefficient (Wildman–Crippen LogP) is 2.75. The molecule has 0 saturated heterocycles. The fourth-order valence-corrected chi connectivity index (χ4v) is 3.56. The highest BCUT2D eigenvalue weighted by Gasteiger charge is 2.52. The molecule has 0 bridgehead atoms.